The zero-order valence-electron chi connectivity index (χ0n) is 8.22. The van der Waals surface area contributed by atoms with Gasteiger partial charge in [-0.15, -0.1) is 0 Å². The predicted molar refractivity (Wildman–Crippen MR) is 54.4 cm³/mol. The number of aromatic nitrogens is 1. The molecule has 0 aliphatic carbocycles. The van der Waals surface area contributed by atoms with Crippen molar-refractivity contribution < 1.29 is 17.9 Å². The van der Waals surface area contributed by atoms with E-state index in [9.17, 15) is 13.2 Å². The normalized spacial score (nSPS) is 11.5. The number of nitrogens with zero attached hydrogens (tertiary/aromatic N) is 1. The van der Waals surface area contributed by atoms with Crippen LogP contribution in [0.5, 0.6) is 5.88 Å². The molecule has 0 unspecified atom stereocenters. The second-order valence-electron chi connectivity index (χ2n) is 3.12. The zero-order valence-corrected chi connectivity index (χ0v) is 8.98. The minimum absolute atomic E-state index is 0.0872. The second-order valence-corrected chi connectivity index (χ2v) is 3.53. The van der Waals surface area contributed by atoms with Crippen LogP contribution in [-0.2, 0) is 0 Å². The highest BCUT2D eigenvalue weighted by atomic mass is 35.5. The molecule has 0 atom stereocenters. The number of ether oxygens (including phenoxy) is 1. The van der Waals surface area contributed by atoms with E-state index in [0.29, 0.717) is 5.69 Å². The summed E-state index contributed by atoms with van der Waals surface area (Å²) in [6, 6.07) is 1.42. The maximum absolute atomic E-state index is 11.8. The SMILES string of the molecule is Nc1cnc(OCCCC(F)(F)F)c(Cl)c1. The van der Waals surface area contributed by atoms with E-state index in [0.717, 1.165) is 0 Å². The summed E-state index contributed by atoms with van der Waals surface area (Å²) in [7, 11) is 0. The molecule has 1 heterocycles. The average Bonchev–Trinajstić information content (AvgIpc) is 2.13. The average molecular weight is 255 g/mol. The summed E-state index contributed by atoms with van der Waals surface area (Å²) in [5, 5.41) is 0.187. The van der Waals surface area contributed by atoms with E-state index in [1.165, 1.54) is 12.3 Å². The van der Waals surface area contributed by atoms with Gasteiger partial charge in [0, 0.05) is 6.42 Å². The molecular weight excluding hydrogens is 245 g/mol. The molecule has 0 saturated heterocycles. The van der Waals surface area contributed by atoms with E-state index in [2.05, 4.69) is 4.98 Å². The summed E-state index contributed by atoms with van der Waals surface area (Å²) in [6.07, 6.45) is -3.86. The van der Waals surface area contributed by atoms with Crippen molar-refractivity contribution in [1.29, 1.82) is 0 Å². The molecule has 0 saturated carbocycles. The van der Waals surface area contributed by atoms with Crippen LogP contribution in [0.1, 0.15) is 12.8 Å². The van der Waals surface area contributed by atoms with Crippen molar-refractivity contribution in [3.05, 3.63) is 17.3 Å². The van der Waals surface area contributed by atoms with Crippen molar-refractivity contribution in [3.8, 4) is 5.88 Å². The van der Waals surface area contributed by atoms with Gasteiger partial charge >= 0.3 is 6.18 Å². The van der Waals surface area contributed by atoms with E-state index >= 15 is 0 Å². The first-order valence-corrected chi connectivity index (χ1v) is 4.87. The number of nitrogen functional groups attached to an aromatic ring is 1. The Morgan fingerprint density at radius 1 is 1.44 bits per heavy atom. The number of anilines is 1. The smallest absolute Gasteiger partial charge is 0.389 e. The van der Waals surface area contributed by atoms with Crippen LogP contribution < -0.4 is 10.5 Å². The van der Waals surface area contributed by atoms with Gasteiger partial charge in [0.1, 0.15) is 5.02 Å². The van der Waals surface area contributed by atoms with Crippen LogP contribution in [0.25, 0.3) is 0 Å². The Labute approximate surface area is 95.4 Å². The minimum Gasteiger partial charge on any atom is -0.477 e. The molecule has 1 rings (SSSR count). The third-order valence-corrected chi connectivity index (χ3v) is 1.94. The summed E-state index contributed by atoms with van der Waals surface area (Å²) < 4.78 is 40.4. The molecule has 0 spiro atoms. The van der Waals surface area contributed by atoms with Crippen molar-refractivity contribution >= 4 is 17.3 Å². The van der Waals surface area contributed by atoms with Crippen molar-refractivity contribution in [1.82, 2.24) is 4.98 Å². The van der Waals surface area contributed by atoms with E-state index in [1.54, 1.807) is 0 Å². The van der Waals surface area contributed by atoms with Gasteiger partial charge in [-0.05, 0) is 12.5 Å². The summed E-state index contributed by atoms with van der Waals surface area (Å²) in [4.78, 5) is 3.75. The molecule has 1 aromatic heterocycles. The molecule has 16 heavy (non-hydrogen) atoms. The molecule has 0 aliphatic rings. The fraction of sp³-hybridized carbons (Fsp3) is 0.444. The molecule has 0 radical (unpaired) electrons. The van der Waals surface area contributed by atoms with E-state index in [4.69, 9.17) is 22.1 Å². The Kier molecular flexibility index (Phi) is 4.23. The number of halogens is 4. The Morgan fingerprint density at radius 3 is 2.69 bits per heavy atom. The fourth-order valence-electron chi connectivity index (χ4n) is 0.988. The van der Waals surface area contributed by atoms with E-state index in [1.807, 2.05) is 0 Å². The molecule has 1 aromatic rings. The first-order chi connectivity index (χ1) is 7.38. The number of hydrogen-bond donors (Lipinski definition) is 1. The van der Waals surface area contributed by atoms with Crippen molar-refractivity contribution in [3.63, 3.8) is 0 Å². The lowest BCUT2D eigenvalue weighted by Crippen LogP contribution is -2.10. The number of pyridine rings is 1. The van der Waals surface area contributed by atoms with E-state index in [-0.39, 0.29) is 23.9 Å². The van der Waals surface area contributed by atoms with Gasteiger partial charge in [-0.2, -0.15) is 13.2 Å². The van der Waals surface area contributed by atoms with Crippen LogP contribution in [-0.4, -0.2) is 17.8 Å². The molecule has 7 heteroatoms. The molecule has 0 aromatic carbocycles. The standard InChI is InChI=1S/C9H10ClF3N2O/c10-7-4-6(14)5-15-8(7)16-3-1-2-9(11,12)13/h4-5H,1-3,14H2. The van der Waals surface area contributed by atoms with Gasteiger partial charge in [0.25, 0.3) is 0 Å². The van der Waals surface area contributed by atoms with Crippen molar-refractivity contribution in [2.75, 3.05) is 12.3 Å². The predicted octanol–water partition coefficient (Wildman–Crippen LogP) is 3.04. The number of rotatable bonds is 4. The first-order valence-electron chi connectivity index (χ1n) is 4.49. The number of nitrogens with two attached hydrogens (primary N) is 1. The minimum atomic E-state index is -4.16. The zero-order chi connectivity index (χ0) is 12.2. The quantitative estimate of drug-likeness (QED) is 0.840. The Hall–Kier alpha value is -1.17. The molecule has 0 aliphatic heterocycles. The van der Waals surface area contributed by atoms with Gasteiger partial charge in [0.05, 0.1) is 18.5 Å². The van der Waals surface area contributed by atoms with Crippen molar-refractivity contribution in [2.45, 2.75) is 19.0 Å². The highest BCUT2D eigenvalue weighted by Gasteiger charge is 2.26. The monoisotopic (exact) mass is 254 g/mol. The summed E-state index contributed by atoms with van der Waals surface area (Å²) >= 11 is 5.71. The molecule has 0 amide bonds. The van der Waals surface area contributed by atoms with Crippen LogP contribution in [0.15, 0.2) is 12.3 Å². The molecular formula is C9H10ClF3N2O. The third-order valence-electron chi connectivity index (χ3n) is 1.67. The Balaban J connectivity index is 2.38. The van der Waals surface area contributed by atoms with Crippen molar-refractivity contribution in [2.24, 2.45) is 0 Å². The lowest BCUT2D eigenvalue weighted by atomic mass is 10.3. The molecule has 2 N–H and O–H groups in total. The summed E-state index contributed by atoms with van der Waals surface area (Å²) in [6.45, 7) is -0.0872. The van der Waals surface area contributed by atoms with Crippen LogP contribution in [0, 0.1) is 0 Å². The molecule has 0 fully saturated rings. The third kappa shape index (κ3) is 4.57. The van der Waals surface area contributed by atoms with Gasteiger partial charge in [-0.25, -0.2) is 4.98 Å². The lowest BCUT2D eigenvalue weighted by molar-refractivity contribution is -0.136. The summed E-state index contributed by atoms with van der Waals surface area (Å²) in [5.41, 5.74) is 5.76. The molecule has 0 bridgehead atoms. The topological polar surface area (TPSA) is 48.1 Å². The van der Waals surface area contributed by atoms with E-state index < -0.39 is 12.6 Å². The largest absolute Gasteiger partial charge is 0.477 e. The molecule has 3 nitrogen and oxygen atoms in total. The number of alkyl halides is 3. The molecule has 90 valence electrons. The van der Waals surface area contributed by atoms with Gasteiger partial charge in [-0.1, -0.05) is 11.6 Å². The second kappa shape index (κ2) is 5.25. The number of hydrogen-bond acceptors (Lipinski definition) is 3. The first kappa shape index (κ1) is 12.9. The maximum atomic E-state index is 11.8. The Morgan fingerprint density at radius 2 is 2.12 bits per heavy atom. The van der Waals surface area contributed by atoms with Crippen LogP contribution in [0.4, 0.5) is 18.9 Å². The highest BCUT2D eigenvalue weighted by Crippen LogP contribution is 2.25. The van der Waals surface area contributed by atoms with Crippen LogP contribution in [0.3, 0.4) is 0 Å². The van der Waals surface area contributed by atoms with Gasteiger partial charge < -0.3 is 10.5 Å². The van der Waals surface area contributed by atoms with Crippen LogP contribution in [0.2, 0.25) is 5.02 Å². The lowest BCUT2D eigenvalue weighted by Gasteiger charge is -2.08. The maximum Gasteiger partial charge on any atom is 0.389 e. The van der Waals surface area contributed by atoms with Gasteiger partial charge in [0.15, 0.2) is 0 Å². The summed E-state index contributed by atoms with van der Waals surface area (Å²) in [5.74, 6) is 0.0954. The Bertz CT molecular complexity index is 357. The van der Waals surface area contributed by atoms with Crippen LogP contribution >= 0.6 is 11.6 Å². The fourth-order valence-corrected chi connectivity index (χ4v) is 1.22. The highest BCUT2D eigenvalue weighted by molar-refractivity contribution is 6.32. The van der Waals surface area contributed by atoms with Gasteiger partial charge in [0.2, 0.25) is 5.88 Å². The van der Waals surface area contributed by atoms with Gasteiger partial charge in [-0.3, -0.25) is 0 Å².